The quantitative estimate of drug-likeness (QED) is 0.0287. The van der Waals surface area contributed by atoms with E-state index < -0.39 is 148 Å². The number of hydrogen-bond acceptors (Lipinski definition) is 20. The molecule has 0 bridgehead atoms. The second kappa shape index (κ2) is 29.2. The number of carbonyl (C=O) groups is 8. The number of hydrogen-bond donors (Lipinski definition) is 10. The maximum absolute atomic E-state index is 13.9. The third-order valence-electron chi connectivity index (χ3n) is 13.7. The van der Waals surface area contributed by atoms with Crippen molar-refractivity contribution >= 4 is 71.4 Å². The van der Waals surface area contributed by atoms with Gasteiger partial charge in [-0.15, -0.1) is 0 Å². The zero-order chi connectivity index (χ0) is 57.6. The largest absolute Gasteiger partial charge is 0.481 e. The first kappa shape index (κ1) is 63.5. The van der Waals surface area contributed by atoms with Crippen molar-refractivity contribution in [1.82, 2.24) is 20.9 Å². The van der Waals surface area contributed by atoms with E-state index in [1.54, 1.807) is 18.2 Å². The summed E-state index contributed by atoms with van der Waals surface area (Å²) in [4.78, 5) is 115. The zero-order valence-electron chi connectivity index (χ0n) is 44.5. The minimum atomic E-state index is -5.27. The number of nitrogens with zero attached hydrogens (tertiary/aromatic N) is 1. The fraction of sp³-hybridized carbons (Fsp3) is 0.647. The number of rotatable bonds is 31. The number of phosphoric ester groups is 1. The van der Waals surface area contributed by atoms with Gasteiger partial charge in [0.15, 0.2) is 18.4 Å². The van der Waals surface area contributed by atoms with Crippen molar-refractivity contribution in [3.63, 3.8) is 0 Å². The van der Waals surface area contributed by atoms with Crippen LogP contribution in [0.3, 0.4) is 0 Å². The molecule has 26 nitrogen and oxygen atoms in total. The first-order valence-corrected chi connectivity index (χ1v) is 27.5. The number of benzene rings is 2. The van der Waals surface area contributed by atoms with Crippen LogP contribution in [-0.4, -0.2) is 189 Å². The molecular weight excluding hydrogens is 1050 g/mol. The average Bonchev–Trinajstić information content (AvgIpc) is 3.52. The molecule has 3 heterocycles. The molecule has 11 unspecified atom stereocenters. The van der Waals surface area contributed by atoms with Gasteiger partial charge >= 0.3 is 13.8 Å². The van der Waals surface area contributed by atoms with Crippen molar-refractivity contribution < 1.29 is 101 Å². The second-order valence-electron chi connectivity index (χ2n) is 19.7. The molecular formula is C51H74N5O21P. The third kappa shape index (κ3) is 16.6. The van der Waals surface area contributed by atoms with Crippen molar-refractivity contribution in [3.05, 3.63) is 41.5 Å². The van der Waals surface area contributed by atoms with E-state index in [0.29, 0.717) is 35.8 Å². The number of amides is 5. The summed E-state index contributed by atoms with van der Waals surface area (Å²) in [5.74, 6) is -7.01. The lowest BCUT2D eigenvalue weighted by atomic mass is 9.91. The Hall–Kier alpha value is -5.35. The molecule has 27 heteroatoms. The third-order valence-corrected chi connectivity index (χ3v) is 14.7. The predicted molar refractivity (Wildman–Crippen MR) is 274 cm³/mol. The van der Waals surface area contributed by atoms with Crippen LogP contribution < -0.4 is 21.3 Å². The summed E-state index contributed by atoms with van der Waals surface area (Å²) in [5.41, 5.74) is 1.57. The van der Waals surface area contributed by atoms with Crippen molar-refractivity contribution in [3.8, 4) is 0 Å². The molecule has 0 spiro atoms. The van der Waals surface area contributed by atoms with Crippen LogP contribution in [0.25, 0.3) is 10.8 Å². The lowest BCUT2D eigenvalue weighted by Gasteiger charge is -2.49. The van der Waals surface area contributed by atoms with Crippen molar-refractivity contribution in [2.75, 3.05) is 44.8 Å². The molecule has 5 rings (SSSR count). The molecule has 0 aromatic heterocycles. The standard InChI is InChI=1S/C51H74N5O21P/c1-7-8-20-52-35-17-16-34-40-32(35)13-11-14-33(40)47(66)56(48(34)67)22-19-39(63)53-21-10-9-12-31(27(3)59)15-18-36(62)28(4)73-46-42(55-30(6)61)51(77-78(70,71)72-25-26(2)49(68)69)75-38(24-58)45(46)76-50-41(54-29(5)60)44(65)43(64)37(23-57)74-50/h11,13-14,16-17,26,28,31,37-38,41-46,50-52,57-58,64-65H,7-10,12,15,18-25H2,1-6H3,(H,53,63)(H,54,60)(H,55,61)(H,68,69)(H,70,71)/t26-,28-,31-,37?,38?,41?,42?,43?,44?,45?,46?,50?,51?/m1/s1. The molecule has 3 aliphatic rings. The number of aliphatic carboxylic acids is 1. The van der Waals surface area contributed by atoms with Gasteiger partial charge in [0.25, 0.3) is 11.8 Å². The van der Waals surface area contributed by atoms with E-state index >= 15 is 0 Å². The average molecular weight is 1120 g/mol. The number of aliphatic hydroxyl groups is 4. The Labute approximate surface area is 450 Å². The fourth-order valence-corrected chi connectivity index (χ4v) is 10.3. The summed E-state index contributed by atoms with van der Waals surface area (Å²) in [6.07, 6.45) is -12.6. The summed E-state index contributed by atoms with van der Waals surface area (Å²) in [7, 11) is -5.27. The summed E-state index contributed by atoms with van der Waals surface area (Å²) in [6.45, 7) is 6.22. The van der Waals surface area contributed by atoms with Gasteiger partial charge in [-0.3, -0.25) is 52.3 Å². The van der Waals surface area contributed by atoms with Crippen molar-refractivity contribution in [2.45, 2.75) is 160 Å². The van der Waals surface area contributed by atoms with E-state index in [1.165, 1.54) is 20.8 Å². The van der Waals surface area contributed by atoms with E-state index in [-0.39, 0.29) is 38.1 Å². The van der Waals surface area contributed by atoms with Crippen LogP contribution >= 0.6 is 7.82 Å². The normalized spacial score (nSPS) is 26.1. The number of nitrogens with one attached hydrogen (secondary N) is 4. The molecule has 10 N–H and O–H groups in total. The lowest BCUT2D eigenvalue weighted by Crippen LogP contribution is -2.70. The van der Waals surface area contributed by atoms with Gasteiger partial charge in [0.2, 0.25) is 17.7 Å². The highest BCUT2D eigenvalue weighted by molar-refractivity contribution is 7.47. The van der Waals surface area contributed by atoms with Crippen LogP contribution in [0, 0.1) is 11.8 Å². The summed E-state index contributed by atoms with van der Waals surface area (Å²) >= 11 is 0. The first-order valence-electron chi connectivity index (χ1n) is 26.0. The zero-order valence-corrected chi connectivity index (χ0v) is 45.4. The van der Waals surface area contributed by atoms with E-state index in [2.05, 4.69) is 28.2 Å². The Morgan fingerprint density at radius 2 is 1.45 bits per heavy atom. The van der Waals surface area contributed by atoms with Gasteiger partial charge in [0, 0.05) is 79.8 Å². The number of anilines is 1. The van der Waals surface area contributed by atoms with Crippen LogP contribution in [0.1, 0.15) is 114 Å². The highest BCUT2D eigenvalue weighted by Crippen LogP contribution is 2.47. The smallest absolute Gasteiger partial charge is 0.474 e. The number of carbonyl (C=O) groups excluding carboxylic acids is 7. The number of phosphoric acid groups is 1. The molecule has 0 aliphatic carbocycles. The van der Waals surface area contributed by atoms with E-state index in [9.17, 15) is 73.3 Å². The number of aliphatic hydroxyl groups excluding tert-OH is 4. The lowest BCUT2D eigenvalue weighted by molar-refractivity contribution is -0.331. The molecule has 5 amide bonds. The van der Waals surface area contributed by atoms with Gasteiger partial charge in [-0.1, -0.05) is 31.9 Å². The number of ketones is 2. The van der Waals surface area contributed by atoms with Gasteiger partial charge in [-0.2, -0.15) is 0 Å². The molecule has 3 aliphatic heterocycles. The highest BCUT2D eigenvalue weighted by atomic mass is 31.2. The fourth-order valence-electron chi connectivity index (χ4n) is 9.37. The molecule has 0 radical (unpaired) electrons. The van der Waals surface area contributed by atoms with Gasteiger partial charge in [-0.25, -0.2) is 4.57 Å². The number of carboxylic acids is 1. The van der Waals surface area contributed by atoms with Crippen LogP contribution in [0.15, 0.2) is 30.3 Å². The maximum Gasteiger partial charge on any atom is 0.474 e. The van der Waals surface area contributed by atoms with E-state index in [4.69, 9.17) is 28.0 Å². The Morgan fingerprint density at radius 3 is 2.08 bits per heavy atom. The van der Waals surface area contributed by atoms with Crippen LogP contribution in [0.5, 0.6) is 0 Å². The van der Waals surface area contributed by atoms with E-state index in [0.717, 1.165) is 49.2 Å². The van der Waals surface area contributed by atoms with Gasteiger partial charge in [0.05, 0.1) is 25.7 Å². The highest BCUT2D eigenvalue weighted by Gasteiger charge is 2.55. The first-order chi connectivity index (χ1) is 36.9. The SMILES string of the molecule is CCCCNc1ccc2c3c(cccc13)C(=O)N(CCC(=O)NCCCC[C@H](CCC(=O)[C@@H](C)OC1C(NC(C)=O)C(OP(=O)(O)OC[C@@H](C)C(=O)O)OC(CO)C1OC1OC(CO)C(O)C(O)C1NC(C)=O)C(C)=O)C2=O. The van der Waals surface area contributed by atoms with Crippen molar-refractivity contribution in [1.29, 1.82) is 0 Å². The summed E-state index contributed by atoms with van der Waals surface area (Å²) < 4.78 is 47.5. The van der Waals surface area contributed by atoms with Crippen molar-refractivity contribution in [2.24, 2.45) is 11.8 Å². The molecule has 0 saturated carbocycles. The van der Waals surface area contributed by atoms with Gasteiger partial charge < -0.3 is 70.6 Å². The Balaban J connectivity index is 1.22. The summed E-state index contributed by atoms with van der Waals surface area (Å²) in [5, 5.41) is 63.9. The van der Waals surface area contributed by atoms with Crippen LogP contribution in [0.4, 0.5) is 5.69 Å². The van der Waals surface area contributed by atoms with E-state index in [1.807, 2.05) is 12.1 Å². The number of Topliss-reactive ketones (excluding diaryl/α,β-unsaturated/α-hetero) is 2. The minimum absolute atomic E-state index is 0.0460. The maximum atomic E-state index is 13.9. The topological polar surface area (TPSA) is 382 Å². The molecule has 434 valence electrons. The Morgan fingerprint density at radius 1 is 0.795 bits per heavy atom. The van der Waals surface area contributed by atoms with Gasteiger partial charge in [-0.05, 0) is 64.7 Å². The number of ether oxygens (including phenoxy) is 4. The Bertz CT molecular complexity index is 2500. The summed E-state index contributed by atoms with van der Waals surface area (Å²) in [6, 6.07) is 5.51. The molecule has 2 aromatic rings. The molecule has 14 atom stereocenters. The molecule has 2 aromatic carbocycles. The Kier molecular flexibility index (Phi) is 23.8. The number of carboxylic acid groups (broad SMARTS) is 1. The number of unbranched alkanes of at least 4 members (excludes halogenated alkanes) is 2. The number of imide groups is 1. The second-order valence-corrected chi connectivity index (χ2v) is 21.1. The monoisotopic (exact) mass is 1120 g/mol. The van der Waals surface area contributed by atoms with Crippen LogP contribution in [0.2, 0.25) is 0 Å². The molecule has 2 fully saturated rings. The molecule has 78 heavy (non-hydrogen) atoms. The minimum Gasteiger partial charge on any atom is -0.481 e. The van der Waals surface area contributed by atoms with Crippen LogP contribution in [-0.2, 0) is 61.3 Å². The van der Waals surface area contributed by atoms with Gasteiger partial charge in [0.1, 0.15) is 60.6 Å². The molecule has 2 saturated heterocycles. The predicted octanol–water partition coefficient (Wildman–Crippen LogP) is 1.06.